The fourth-order valence-electron chi connectivity index (χ4n) is 2.69. The van der Waals surface area contributed by atoms with Gasteiger partial charge in [-0.2, -0.15) is 0 Å². The Hall–Kier alpha value is -0.570. The van der Waals surface area contributed by atoms with Crippen LogP contribution in [0.4, 0.5) is 0 Å². The topological polar surface area (TPSA) is 32.3 Å². The van der Waals surface area contributed by atoms with E-state index in [0.29, 0.717) is 11.9 Å². The summed E-state index contributed by atoms with van der Waals surface area (Å²) < 4.78 is 0. The molecule has 0 radical (unpaired) electrons. The average molecular weight is 254 g/mol. The van der Waals surface area contributed by atoms with E-state index < -0.39 is 0 Å². The van der Waals surface area contributed by atoms with Crippen LogP contribution < -0.4 is 5.43 Å². The molecule has 1 amide bonds. The molecule has 1 N–H and O–H groups in total. The third kappa shape index (κ3) is 3.71. The van der Waals surface area contributed by atoms with E-state index in [1.165, 1.54) is 25.7 Å². The van der Waals surface area contributed by atoms with Crippen LogP contribution in [0.1, 0.15) is 72.6 Å². The Morgan fingerprint density at radius 1 is 1.28 bits per heavy atom. The summed E-state index contributed by atoms with van der Waals surface area (Å²) in [6.07, 6.45) is 9.62. The van der Waals surface area contributed by atoms with Gasteiger partial charge in [-0.1, -0.05) is 53.4 Å². The van der Waals surface area contributed by atoms with Crippen molar-refractivity contribution in [3.05, 3.63) is 0 Å². The van der Waals surface area contributed by atoms with Crippen LogP contribution >= 0.6 is 0 Å². The van der Waals surface area contributed by atoms with E-state index in [2.05, 4.69) is 19.3 Å². The highest BCUT2D eigenvalue weighted by atomic mass is 16.2. The number of carbonyl (C=O) groups is 1. The van der Waals surface area contributed by atoms with Crippen molar-refractivity contribution >= 4 is 5.91 Å². The predicted octanol–water partition coefficient (Wildman–Crippen LogP) is 3.50. The van der Waals surface area contributed by atoms with Gasteiger partial charge in [-0.25, -0.2) is 5.43 Å². The number of unbranched alkanes of at least 4 members (excludes halogenated alkanes) is 1. The quantitative estimate of drug-likeness (QED) is 0.719. The Kier molecular flexibility index (Phi) is 6.13. The Labute approximate surface area is 112 Å². The van der Waals surface area contributed by atoms with Crippen LogP contribution in [0.3, 0.4) is 0 Å². The third-order valence-electron chi connectivity index (χ3n) is 3.97. The van der Waals surface area contributed by atoms with Crippen LogP contribution in [0.2, 0.25) is 0 Å². The number of hydrogen-bond acceptors (Lipinski definition) is 2. The van der Waals surface area contributed by atoms with Crippen molar-refractivity contribution in [1.29, 1.82) is 0 Å². The zero-order chi connectivity index (χ0) is 12.3. The molecule has 18 heavy (non-hydrogen) atoms. The van der Waals surface area contributed by atoms with Gasteiger partial charge in [0.15, 0.2) is 0 Å². The van der Waals surface area contributed by atoms with E-state index in [1.54, 1.807) is 0 Å². The molecule has 2 atom stereocenters. The summed E-state index contributed by atoms with van der Waals surface area (Å²) in [5, 5.41) is 1.92. The van der Waals surface area contributed by atoms with E-state index in [0.717, 1.165) is 31.6 Å². The average Bonchev–Trinajstić information content (AvgIpc) is 3.13. The molecule has 0 bridgehead atoms. The third-order valence-corrected chi connectivity index (χ3v) is 3.97. The van der Waals surface area contributed by atoms with Crippen molar-refractivity contribution in [3.63, 3.8) is 0 Å². The first-order valence-electron chi connectivity index (χ1n) is 7.35. The second-order valence-corrected chi connectivity index (χ2v) is 5.65. The lowest BCUT2D eigenvalue weighted by Crippen LogP contribution is -2.69. The van der Waals surface area contributed by atoms with Gasteiger partial charge >= 0.3 is 0 Å². The molecular weight excluding hydrogens is 224 g/mol. The van der Waals surface area contributed by atoms with Gasteiger partial charge in [0.2, 0.25) is 0 Å². The SMILES string of the molecule is C.CCCCC(CCC)N1NC(CC2CC2)C1=O. The summed E-state index contributed by atoms with van der Waals surface area (Å²) in [5.74, 6) is 1.19. The number of carbonyl (C=O) groups excluding carboxylic acids is 1. The van der Waals surface area contributed by atoms with E-state index in [-0.39, 0.29) is 13.5 Å². The smallest absolute Gasteiger partial charge is 0.255 e. The zero-order valence-electron chi connectivity index (χ0n) is 11.2. The molecule has 2 unspecified atom stereocenters. The minimum atomic E-state index is 0. The second-order valence-electron chi connectivity index (χ2n) is 5.65. The summed E-state index contributed by atoms with van der Waals surface area (Å²) in [6, 6.07) is 0.575. The summed E-state index contributed by atoms with van der Waals surface area (Å²) in [7, 11) is 0. The normalized spacial score (nSPS) is 24.4. The van der Waals surface area contributed by atoms with E-state index in [9.17, 15) is 4.79 Å². The van der Waals surface area contributed by atoms with Gasteiger partial charge in [-0.15, -0.1) is 0 Å². The van der Waals surface area contributed by atoms with Crippen LogP contribution in [0.15, 0.2) is 0 Å². The monoisotopic (exact) mass is 254 g/mol. The Morgan fingerprint density at radius 3 is 2.50 bits per heavy atom. The maximum Gasteiger partial charge on any atom is 0.255 e. The van der Waals surface area contributed by atoms with Crippen LogP contribution in [0.5, 0.6) is 0 Å². The van der Waals surface area contributed by atoms with Crippen LogP contribution in [0, 0.1) is 5.92 Å². The maximum atomic E-state index is 12.1. The zero-order valence-corrected chi connectivity index (χ0v) is 11.2. The number of amides is 1. The fraction of sp³-hybridized carbons (Fsp3) is 0.933. The molecule has 1 saturated carbocycles. The first kappa shape index (κ1) is 15.5. The molecule has 3 nitrogen and oxygen atoms in total. The van der Waals surface area contributed by atoms with Gasteiger partial charge in [0, 0.05) is 6.04 Å². The number of hydrogen-bond donors (Lipinski definition) is 1. The van der Waals surface area contributed by atoms with Crippen LogP contribution in [-0.4, -0.2) is 23.0 Å². The molecule has 0 aromatic carbocycles. The van der Waals surface area contributed by atoms with Gasteiger partial charge in [0.05, 0.1) is 0 Å². The van der Waals surface area contributed by atoms with Gasteiger partial charge in [-0.05, 0) is 25.2 Å². The number of nitrogens with zero attached hydrogens (tertiary/aromatic N) is 1. The summed E-state index contributed by atoms with van der Waals surface area (Å²) >= 11 is 0. The van der Waals surface area contributed by atoms with Crippen molar-refractivity contribution < 1.29 is 4.79 Å². The summed E-state index contributed by atoms with van der Waals surface area (Å²) in [6.45, 7) is 4.41. The second kappa shape index (κ2) is 7.13. The molecule has 0 spiro atoms. The standard InChI is InChI=1S/C14H26N2O.CH4/c1-3-5-7-12(6-4-2)16-14(17)13(15-16)10-11-8-9-11;/h11-13,15H,3-10H2,1-2H3;1H4. The van der Waals surface area contributed by atoms with Gasteiger partial charge in [0.1, 0.15) is 6.04 Å². The van der Waals surface area contributed by atoms with Crippen LogP contribution in [0.25, 0.3) is 0 Å². The molecule has 2 rings (SSSR count). The lowest BCUT2D eigenvalue weighted by Gasteiger charge is -2.44. The molecule has 106 valence electrons. The van der Waals surface area contributed by atoms with Crippen molar-refractivity contribution in [2.75, 3.05) is 0 Å². The Balaban J connectivity index is 0.00000162. The van der Waals surface area contributed by atoms with Gasteiger partial charge < -0.3 is 0 Å². The Morgan fingerprint density at radius 2 is 2.00 bits per heavy atom. The van der Waals surface area contributed by atoms with E-state index in [4.69, 9.17) is 0 Å². The molecule has 0 aromatic rings. The first-order chi connectivity index (χ1) is 8.26. The molecule has 1 heterocycles. The lowest BCUT2D eigenvalue weighted by atomic mass is 10.00. The molecule has 1 saturated heterocycles. The number of hydrazine groups is 1. The van der Waals surface area contributed by atoms with Crippen molar-refractivity contribution in [3.8, 4) is 0 Å². The van der Waals surface area contributed by atoms with Crippen molar-refractivity contribution in [1.82, 2.24) is 10.4 Å². The minimum absolute atomic E-state index is 0. The first-order valence-corrected chi connectivity index (χ1v) is 7.35. The highest BCUT2D eigenvalue weighted by Crippen LogP contribution is 2.35. The Bertz CT molecular complexity index is 263. The molecule has 1 aliphatic heterocycles. The fourth-order valence-corrected chi connectivity index (χ4v) is 2.69. The van der Waals surface area contributed by atoms with Crippen molar-refractivity contribution in [2.45, 2.75) is 84.7 Å². The molecule has 2 aliphatic rings. The minimum Gasteiger partial charge on any atom is -0.273 e. The summed E-state index contributed by atoms with van der Waals surface area (Å²) in [4.78, 5) is 12.1. The van der Waals surface area contributed by atoms with E-state index >= 15 is 0 Å². The van der Waals surface area contributed by atoms with E-state index in [1.807, 2.05) is 5.01 Å². The molecular formula is C15H30N2O. The number of rotatable bonds is 8. The summed E-state index contributed by atoms with van der Waals surface area (Å²) in [5.41, 5.74) is 3.38. The molecule has 2 fully saturated rings. The van der Waals surface area contributed by atoms with Gasteiger partial charge in [-0.3, -0.25) is 9.80 Å². The molecule has 3 heteroatoms. The lowest BCUT2D eigenvalue weighted by molar-refractivity contribution is -0.158. The van der Waals surface area contributed by atoms with Gasteiger partial charge in [0.25, 0.3) is 5.91 Å². The maximum absolute atomic E-state index is 12.1. The predicted molar refractivity (Wildman–Crippen MR) is 76.1 cm³/mol. The highest BCUT2D eigenvalue weighted by Gasteiger charge is 2.42. The highest BCUT2D eigenvalue weighted by molar-refractivity contribution is 5.86. The van der Waals surface area contributed by atoms with Crippen LogP contribution in [-0.2, 0) is 4.79 Å². The van der Waals surface area contributed by atoms with Crippen molar-refractivity contribution in [2.24, 2.45) is 5.92 Å². The molecule has 0 aromatic heterocycles. The number of nitrogens with one attached hydrogen (secondary N) is 1. The largest absolute Gasteiger partial charge is 0.273 e. The molecule has 1 aliphatic carbocycles.